The van der Waals surface area contributed by atoms with Gasteiger partial charge in [-0.15, -0.1) is 0 Å². The second kappa shape index (κ2) is 8.58. The number of hydrogen-bond donors (Lipinski definition) is 1. The number of rotatable bonds is 6. The number of carbonyl (C=O) groups excluding carboxylic acids is 2. The number of nitrogens with zero attached hydrogens (tertiary/aromatic N) is 1. The number of methoxy groups -OCH3 is 1. The molecule has 2 heterocycles. The number of carboxylic acids is 1. The van der Waals surface area contributed by atoms with Crippen LogP contribution in [0.3, 0.4) is 0 Å². The van der Waals surface area contributed by atoms with Crippen LogP contribution < -0.4 is 44.1 Å². The molecule has 0 radical (unpaired) electrons. The predicted octanol–water partition coefficient (Wildman–Crippen LogP) is -1.77. The molecule has 146 valence electrons. The first-order chi connectivity index (χ1) is 13.1. The van der Waals surface area contributed by atoms with Crippen molar-refractivity contribution >= 4 is 33.0 Å². The van der Waals surface area contributed by atoms with Gasteiger partial charge in [-0.1, -0.05) is 6.07 Å². The average Bonchev–Trinajstić information content (AvgIpc) is 2.92. The Labute approximate surface area is 189 Å². The van der Waals surface area contributed by atoms with Crippen LogP contribution in [0.4, 0.5) is 5.69 Å². The molecule has 10 heteroatoms. The second-order valence-corrected chi connectivity index (χ2v) is 7.96. The summed E-state index contributed by atoms with van der Waals surface area (Å²) in [5, 5.41) is 11.6. The molecule has 0 aliphatic carbocycles. The van der Waals surface area contributed by atoms with Crippen molar-refractivity contribution in [2.45, 2.75) is 6.92 Å². The molecular formula is C19H17N2NaO6S. The molecule has 0 fully saturated rings. The summed E-state index contributed by atoms with van der Waals surface area (Å²) in [6.45, 7) is 1.54. The van der Waals surface area contributed by atoms with Gasteiger partial charge in [0.1, 0.15) is 5.75 Å². The van der Waals surface area contributed by atoms with Crippen LogP contribution >= 0.6 is 0 Å². The Balaban J connectivity index is 0.00000300. The molecule has 1 aromatic carbocycles. The SMILES string of the molecule is COc1cc(C(=O)c2c(C)c(C(=O)[O-])c3ccccn23)ccc1NS(C)(=O)=O.[Na+]. The normalized spacial score (nSPS) is 11.0. The van der Waals surface area contributed by atoms with Gasteiger partial charge < -0.3 is 19.0 Å². The quantitative estimate of drug-likeness (QED) is 0.370. The van der Waals surface area contributed by atoms with E-state index in [-0.39, 0.29) is 63.4 Å². The first kappa shape index (κ1) is 23.0. The van der Waals surface area contributed by atoms with E-state index in [9.17, 15) is 23.1 Å². The number of anilines is 1. The van der Waals surface area contributed by atoms with E-state index in [0.717, 1.165) is 6.26 Å². The number of pyridine rings is 1. The van der Waals surface area contributed by atoms with E-state index < -0.39 is 21.8 Å². The fraction of sp³-hybridized carbons (Fsp3) is 0.158. The number of ketones is 1. The van der Waals surface area contributed by atoms with Crippen LogP contribution in [-0.2, 0) is 10.0 Å². The van der Waals surface area contributed by atoms with Gasteiger partial charge in [0.25, 0.3) is 0 Å². The van der Waals surface area contributed by atoms with Gasteiger partial charge in [-0.25, -0.2) is 8.42 Å². The minimum absolute atomic E-state index is 0. The molecule has 0 aliphatic rings. The van der Waals surface area contributed by atoms with E-state index in [0.29, 0.717) is 5.52 Å². The van der Waals surface area contributed by atoms with E-state index in [1.54, 1.807) is 31.3 Å². The van der Waals surface area contributed by atoms with Gasteiger partial charge in [-0.3, -0.25) is 9.52 Å². The predicted molar refractivity (Wildman–Crippen MR) is 101 cm³/mol. The molecule has 3 aromatic rings. The topological polar surface area (TPSA) is 117 Å². The maximum absolute atomic E-state index is 13.2. The zero-order valence-corrected chi connectivity index (χ0v) is 19.2. The molecule has 0 amide bonds. The summed E-state index contributed by atoms with van der Waals surface area (Å²) in [4.78, 5) is 24.7. The van der Waals surface area contributed by atoms with Crippen LogP contribution in [0.5, 0.6) is 5.75 Å². The molecule has 0 aliphatic heterocycles. The zero-order chi connectivity index (χ0) is 20.6. The van der Waals surface area contributed by atoms with Crippen LogP contribution in [-0.4, -0.2) is 37.9 Å². The van der Waals surface area contributed by atoms with Crippen molar-refractivity contribution in [1.29, 1.82) is 0 Å². The van der Waals surface area contributed by atoms with E-state index in [4.69, 9.17) is 4.74 Å². The van der Waals surface area contributed by atoms with Crippen molar-refractivity contribution in [3.8, 4) is 5.75 Å². The minimum Gasteiger partial charge on any atom is -0.545 e. The first-order valence-electron chi connectivity index (χ1n) is 8.15. The van der Waals surface area contributed by atoms with Crippen LogP contribution in [0.15, 0.2) is 42.6 Å². The maximum atomic E-state index is 13.2. The molecule has 2 aromatic heterocycles. The summed E-state index contributed by atoms with van der Waals surface area (Å²) < 4.78 is 31.9. The number of benzene rings is 1. The van der Waals surface area contributed by atoms with Crippen LogP contribution in [0.2, 0.25) is 0 Å². The summed E-state index contributed by atoms with van der Waals surface area (Å²) in [7, 11) is -2.18. The van der Waals surface area contributed by atoms with Crippen LogP contribution in [0, 0.1) is 6.92 Å². The zero-order valence-electron chi connectivity index (χ0n) is 16.3. The summed E-state index contributed by atoms with van der Waals surface area (Å²) in [5.74, 6) is -1.64. The number of carbonyl (C=O) groups is 2. The van der Waals surface area contributed by atoms with E-state index in [2.05, 4.69) is 4.72 Å². The minimum atomic E-state index is -3.53. The monoisotopic (exact) mass is 424 g/mol. The van der Waals surface area contributed by atoms with Gasteiger partial charge in [0.2, 0.25) is 15.8 Å². The third kappa shape index (κ3) is 4.48. The Morgan fingerprint density at radius 2 is 1.86 bits per heavy atom. The molecule has 0 saturated heterocycles. The number of ether oxygens (including phenoxy) is 1. The molecule has 0 atom stereocenters. The summed E-state index contributed by atoms with van der Waals surface area (Å²) in [6.07, 6.45) is 2.60. The van der Waals surface area contributed by atoms with Gasteiger partial charge in [0, 0.05) is 17.3 Å². The number of nitrogens with one attached hydrogen (secondary N) is 1. The molecule has 3 rings (SSSR count). The average molecular weight is 424 g/mol. The standard InChI is InChI=1S/C19H18N2O6S.Na/c1-11-16(19(23)24)14-6-4-5-9-21(14)17(11)18(22)12-7-8-13(15(10-12)27-2)20-28(3,25)26;/h4-10,20H,1-3H3,(H,23,24);/q;+1/p-1. The molecular weight excluding hydrogens is 407 g/mol. The number of aromatic carboxylic acids is 1. The summed E-state index contributed by atoms with van der Waals surface area (Å²) in [6, 6.07) is 9.20. The third-order valence-corrected chi connectivity index (χ3v) is 4.86. The van der Waals surface area contributed by atoms with Crippen molar-refractivity contribution in [1.82, 2.24) is 4.40 Å². The Kier molecular flexibility index (Phi) is 6.79. The molecule has 0 spiro atoms. The Morgan fingerprint density at radius 1 is 1.17 bits per heavy atom. The molecule has 29 heavy (non-hydrogen) atoms. The van der Waals surface area contributed by atoms with E-state index >= 15 is 0 Å². The second-order valence-electron chi connectivity index (χ2n) is 6.21. The Hall–Kier alpha value is -2.33. The fourth-order valence-corrected chi connectivity index (χ4v) is 3.69. The van der Waals surface area contributed by atoms with Gasteiger partial charge in [-0.2, -0.15) is 0 Å². The van der Waals surface area contributed by atoms with Crippen molar-refractivity contribution in [3.63, 3.8) is 0 Å². The Bertz CT molecular complexity index is 1220. The Morgan fingerprint density at radius 3 is 2.45 bits per heavy atom. The molecule has 8 nitrogen and oxygen atoms in total. The van der Waals surface area contributed by atoms with Crippen molar-refractivity contribution in [2.24, 2.45) is 0 Å². The van der Waals surface area contributed by atoms with Gasteiger partial charge in [0.15, 0.2) is 0 Å². The van der Waals surface area contributed by atoms with Crippen LogP contribution in [0.1, 0.15) is 32.0 Å². The van der Waals surface area contributed by atoms with Gasteiger partial charge in [-0.05, 0) is 42.8 Å². The van der Waals surface area contributed by atoms with Crippen molar-refractivity contribution < 1.29 is 57.4 Å². The van der Waals surface area contributed by atoms with Gasteiger partial charge >= 0.3 is 29.6 Å². The van der Waals surface area contributed by atoms with E-state index in [1.165, 1.54) is 29.7 Å². The molecule has 0 unspecified atom stereocenters. The maximum Gasteiger partial charge on any atom is 1.00 e. The van der Waals surface area contributed by atoms with E-state index in [1.807, 2.05) is 0 Å². The number of aromatic nitrogens is 1. The molecule has 1 N–H and O–H groups in total. The third-order valence-electron chi connectivity index (χ3n) is 4.27. The van der Waals surface area contributed by atoms with Crippen molar-refractivity contribution in [2.75, 3.05) is 18.1 Å². The van der Waals surface area contributed by atoms with Gasteiger partial charge in [0.05, 0.1) is 36.2 Å². The van der Waals surface area contributed by atoms with Crippen LogP contribution in [0.25, 0.3) is 5.52 Å². The first-order valence-corrected chi connectivity index (χ1v) is 10.0. The summed E-state index contributed by atoms with van der Waals surface area (Å²) >= 11 is 0. The van der Waals surface area contributed by atoms with Crippen molar-refractivity contribution in [3.05, 3.63) is 65.0 Å². The molecule has 0 bridgehead atoms. The smallest absolute Gasteiger partial charge is 0.545 e. The molecule has 0 saturated carbocycles. The number of fused-ring (bicyclic) bond motifs is 1. The number of hydrogen-bond acceptors (Lipinski definition) is 6. The summed E-state index contributed by atoms with van der Waals surface area (Å²) in [5.41, 5.74) is 1.17. The number of carboxylic acid groups (broad SMARTS) is 1. The fourth-order valence-electron chi connectivity index (χ4n) is 3.12. The largest absolute Gasteiger partial charge is 1.00 e. The number of sulfonamides is 1.